The predicted octanol–water partition coefficient (Wildman–Crippen LogP) is 3.51. The Balaban J connectivity index is 1.56. The highest BCUT2D eigenvalue weighted by Crippen LogP contribution is 2.22. The van der Waals surface area contributed by atoms with Crippen LogP contribution in [0.5, 0.6) is 0 Å². The fourth-order valence-corrected chi connectivity index (χ4v) is 4.19. The number of rotatable bonds is 12. The summed E-state index contributed by atoms with van der Waals surface area (Å²) in [4.78, 5) is 55.7. The topological polar surface area (TPSA) is 131 Å². The summed E-state index contributed by atoms with van der Waals surface area (Å²) in [5.41, 5.74) is 3.55. The van der Waals surface area contributed by atoms with Crippen molar-refractivity contribution in [2.45, 2.75) is 64.1 Å². The smallest absolute Gasteiger partial charge is 0.269 e. The minimum Gasteiger partial charge on any atom is -0.351 e. The first kappa shape index (κ1) is 26.8. The highest BCUT2D eigenvalue weighted by atomic mass is 16.7. The highest BCUT2D eigenvalue weighted by molar-refractivity contribution is 5.98. The number of benzene rings is 2. The number of non-ortho nitro benzene ring substituents is 1. The van der Waals surface area contributed by atoms with Gasteiger partial charge in [0, 0.05) is 36.7 Å². The van der Waals surface area contributed by atoms with Gasteiger partial charge in [0.2, 0.25) is 11.8 Å². The van der Waals surface area contributed by atoms with E-state index in [0.717, 1.165) is 18.4 Å². The van der Waals surface area contributed by atoms with E-state index in [1.54, 1.807) is 0 Å². The van der Waals surface area contributed by atoms with Crippen LogP contribution in [0.15, 0.2) is 54.6 Å². The minimum atomic E-state index is -0.658. The van der Waals surface area contributed by atoms with Crippen molar-refractivity contribution in [3.05, 3.63) is 75.8 Å². The minimum absolute atomic E-state index is 0.0591. The van der Waals surface area contributed by atoms with Crippen molar-refractivity contribution in [2.24, 2.45) is 0 Å². The molecule has 0 unspecified atom stereocenters. The van der Waals surface area contributed by atoms with Crippen LogP contribution in [0, 0.1) is 10.1 Å². The fraction of sp³-hybridized carbons (Fsp3) is 0.423. The molecular formula is C26H32N4O6. The van der Waals surface area contributed by atoms with Crippen LogP contribution in [-0.4, -0.2) is 46.2 Å². The first-order valence-corrected chi connectivity index (χ1v) is 12.2. The van der Waals surface area contributed by atoms with Gasteiger partial charge >= 0.3 is 0 Å². The van der Waals surface area contributed by atoms with Crippen LogP contribution in [0.1, 0.15) is 61.4 Å². The van der Waals surface area contributed by atoms with Gasteiger partial charge in [0.1, 0.15) is 6.04 Å². The lowest BCUT2D eigenvalue weighted by atomic mass is 10.0. The van der Waals surface area contributed by atoms with Gasteiger partial charge in [-0.15, -0.1) is 0 Å². The van der Waals surface area contributed by atoms with E-state index >= 15 is 0 Å². The van der Waals surface area contributed by atoms with Crippen molar-refractivity contribution >= 4 is 23.4 Å². The van der Waals surface area contributed by atoms with Gasteiger partial charge in [-0.3, -0.25) is 29.3 Å². The Kier molecular flexibility index (Phi) is 9.93. The maximum atomic E-state index is 13.1. The van der Waals surface area contributed by atoms with Gasteiger partial charge in [-0.1, -0.05) is 50.1 Å². The Labute approximate surface area is 210 Å². The largest absolute Gasteiger partial charge is 0.351 e. The van der Waals surface area contributed by atoms with E-state index in [4.69, 9.17) is 4.84 Å². The van der Waals surface area contributed by atoms with Crippen LogP contribution >= 0.6 is 0 Å². The molecule has 1 heterocycles. The van der Waals surface area contributed by atoms with Gasteiger partial charge in [0.05, 0.1) is 11.5 Å². The Morgan fingerprint density at radius 1 is 1.14 bits per heavy atom. The number of nitro groups is 1. The molecule has 1 aliphatic rings. The third-order valence-corrected chi connectivity index (χ3v) is 6.09. The average Bonchev–Trinajstić information content (AvgIpc) is 3.38. The van der Waals surface area contributed by atoms with E-state index in [2.05, 4.69) is 10.8 Å². The maximum Gasteiger partial charge on any atom is 0.269 e. The molecule has 1 saturated heterocycles. The number of nitrogens with one attached hydrogen (secondary N) is 2. The molecule has 1 fully saturated rings. The Morgan fingerprint density at radius 2 is 1.86 bits per heavy atom. The fourth-order valence-electron chi connectivity index (χ4n) is 4.19. The molecule has 0 aliphatic carbocycles. The van der Waals surface area contributed by atoms with Crippen LogP contribution in [0.3, 0.4) is 0 Å². The molecule has 192 valence electrons. The Hall–Kier alpha value is -3.79. The normalized spacial score (nSPS) is 15.8. The number of nitro benzene ring substituents is 1. The van der Waals surface area contributed by atoms with Crippen LogP contribution in [0.4, 0.5) is 5.69 Å². The molecule has 3 rings (SSSR count). The number of hydrogen-bond donors (Lipinski definition) is 2. The van der Waals surface area contributed by atoms with Gasteiger partial charge in [-0.2, -0.15) is 0 Å². The summed E-state index contributed by atoms with van der Waals surface area (Å²) in [5, 5.41) is 13.8. The third kappa shape index (κ3) is 7.61. The average molecular weight is 497 g/mol. The lowest BCUT2D eigenvalue weighted by Gasteiger charge is -2.26. The third-order valence-electron chi connectivity index (χ3n) is 6.09. The summed E-state index contributed by atoms with van der Waals surface area (Å²) >= 11 is 0. The zero-order valence-corrected chi connectivity index (χ0v) is 20.4. The summed E-state index contributed by atoms with van der Waals surface area (Å²) in [6.45, 7) is 2.69. The molecule has 10 nitrogen and oxygen atoms in total. The molecule has 2 N–H and O–H groups in total. The monoisotopic (exact) mass is 496 g/mol. The molecule has 0 radical (unpaired) electrons. The summed E-state index contributed by atoms with van der Waals surface area (Å²) in [6, 6.07) is 13.7. The first-order valence-electron chi connectivity index (χ1n) is 12.2. The zero-order chi connectivity index (χ0) is 25.9. The number of carbonyl (C=O) groups excluding carboxylic acids is 3. The van der Waals surface area contributed by atoms with E-state index in [0.29, 0.717) is 25.8 Å². The molecule has 3 amide bonds. The van der Waals surface area contributed by atoms with Crippen LogP contribution in [0.2, 0.25) is 0 Å². The number of hydrogen-bond acceptors (Lipinski definition) is 6. The van der Waals surface area contributed by atoms with Gasteiger partial charge < -0.3 is 10.2 Å². The van der Waals surface area contributed by atoms with E-state index in [9.17, 15) is 24.5 Å². The van der Waals surface area contributed by atoms with Crippen LogP contribution in [-0.2, 0) is 21.0 Å². The molecular weight excluding hydrogens is 464 g/mol. The summed E-state index contributed by atoms with van der Waals surface area (Å²) < 4.78 is 0. The van der Waals surface area contributed by atoms with E-state index in [1.807, 2.05) is 37.3 Å². The van der Waals surface area contributed by atoms with Crippen molar-refractivity contribution in [2.75, 3.05) is 6.54 Å². The van der Waals surface area contributed by atoms with E-state index in [-0.39, 0.29) is 42.0 Å². The molecule has 2 aromatic rings. The molecule has 2 aromatic carbocycles. The second kappa shape index (κ2) is 13.3. The second-order valence-corrected chi connectivity index (χ2v) is 8.81. The van der Waals surface area contributed by atoms with Crippen molar-refractivity contribution in [1.82, 2.24) is 15.7 Å². The van der Waals surface area contributed by atoms with Crippen molar-refractivity contribution < 1.29 is 24.1 Å². The molecule has 0 bridgehead atoms. The summed E-state index contributed by atoms with van der Waals surface area (Å²) in [7, 11) is 0. The number of nitrogens with zero attached hydrogens (tertiary/aromatic N) is 2. The summed E-state index contributed by atoms with van der Waals surface area (Å²) in [6.07, 6.45) is 3.61. The van der Waals surface area contributed by atoms with Gasteiger partial charge in [0.25, 0.3) is 11.6 Å². The Morgan fingerprint density at radius 3 is 2.53 bits per heavy atom. The highest BCUT2D eigenvalue weighted by Gasteiger charge is 2.35. The molecule has 0 aromatic heterocycles. The second-order valence-electron chi connectivity index (χ2n) is 8.81. The van der Waals surface area contributed by atoms with Crippen molar-refractivity contribution in [3.8, 4) is 0 Å². The molecule has 36 heavy (non-hydrogen) atoms. The van der Waals surface area contributed by atoms with E-state index in [1.165, 1.54) is 29.2 Å². The molecule has 10 heteroatoms. The number of hydroxylamine groups is 1. The van der Waals surface area contributed by atoms with Crippen LogP contribution in [0.25, 0.3) is 0 Å². The van der Waals surface area contributed by atoms with Gasteiger partial charge in [-0.05, 0) is 37.0 Å². The molecule has 0 spiro atoms. The van der Waals surface area contributed by atoms with Crippen molar-refractivity contribution in [3.63, 3.8) is 0 Å². The molecule has 0 saturated carbocycles. The standard InChI is InChI=1S/C26H32N4O6/c1-2-3-10-21(17-24(31)28-36-18-19-8-5-4-6-9-19)27-25(32)23-11-7-16-29(23)26(33)20-12-14-22(15-13-20)30(34)35/h4-6,8-9,12-15,21,23H,2-3,7,10-11,16-18H2,1H3,(H,27,32)(H,28,31)/t21-,23-/m0/s1. The van der Waals surface area contributed by atoms with Gasteiger partial charge in [0.15, 0.2) is 0 Å². The summed E-state index contributed by atoms with van der Waals surface area (Å²) in [5.74, 6) is -0.987. The van der Waals surface area contributed by atoms with Gasteiger partial charge in [-0.25, -0.2) is 5.48 Å². The lowest BCUT2D eigenvalue weighted by Crippen LogP contribution is -2.49. The maximum absolute atomic E-state index is 13.1. The molecule has 1 aliphatic heterocycles. The first-order chi connectivity index (χ1) is 17.4. The number of carbonyl (C=O) groups is 3. The number of amides is 3. The SMILES string of the molecule is CCCC[C@@H](CC(=O)NOCc1ccccc1)NC(=O)[C@@H]1CCCN1C(=O)c1ccc([N+](=O)[O-])cc1. The Bertz CT molecular complexity index is 1040. The zero-order valence-electron chi connectivity index (χ0n) is 20.4. The predicted molar refractivity (Wildman–Crippen MR) is 133 cm³/mol. The van der Waals surface area contributed by atoms with Crippen LogP contribution < -0.4 is 10.8 Å². The number of likely N-dealkylation sites (tertiary alicyclic amines) is 1. The van der Waals surface area contributed by atoms with Crippen molar-refractivity contribution in [1.29, 1.82) is 0 Å². The molecule has 2 atom stereocenters. The van der Waals surface area contributed by atoms with E-state index < -0.39 is 17.0 Å². The number of unbranched alkanes of at least 4 members (excludes halogenated alkanes) is 1. The quantitative estimate of drug-likeness (QED) is 0.342. The lowest BCUT2D eigenvalue weighted by molar-refractivity contribution is -0.384.